The van der Waals surface area contributed by atoms with Crippen molar-refractivity contribution in [3.8, 4) is 5.75 Å². The summed E-state index contributed by atoms with van der Waals surface area (Å²) in [5, 5.41) is 20.0. The van der Waals surface area contributed by atoms with E-state index in [1.165, 1.54) is 12.1 Å². The standard InChI is InChI=1S/C26H44N4O5/c1-3-5-7-15-26(25(34)35,16-8-9-17-27)30(23(32)21(28)10-6-4-2)24(33)22(29)18-19-11-13-20(31)14-12-19/h11-14,21-22,31H,3-10,15-18,27-29H2,1-2H3,(H,34,35). The van der Waals surface area contributed by atoms with Crippen molar-refractivity contribution in [1.82, 2.24) is 4.90 Å². The number of nitrogens with two attached hydrogens (primary N) is 3. The Balaban J connectivity index is 3.46. The normalized spacial score (nSPS) is 14.7. The molecule has 3 atom stereocenters. The highest BCUT2D eigenvalue weighted by atomic mass is 16.4. The van der Waals surface area contributed by atoms with Crippen molar-refractivity contribution in [2.24, 2.45) is 17.2 Å². The summed E-state index contributed by atoms with van der Waals surface area (Å²) >= 11 is 0. The number of benzene rings is 1. The van der Waals surface area contributed by atoms with Gasteiger partial charge in [0.25, 0.3) is 0 Å². The van der Waals surface area contributed by atoms with E-state index in [9.17, 15) is 24.6 Å². The van der Waals surface area contributed by atoms with Gasteiger partial charge in [-0.3, -0.25) is 14.5 Å². The summed E-state index contributed by atoms with van der Waals surface area (Å²) in [6.07, 6.45) is 5.33. The number of nitrogens with zero attached hydrogens (tertiary/aromatic N) is 1. The monoisotopic (exact) mass is 492 g/mol. The molecule has 1 aromatic carbocycles. The molecule has 0 aliphatic heterocycles. The van der Waals surface area contributed by atoms with Crippen LogP contribution in [0.2, 0.25) is 0 Å². The van der Waals surface area contributed by atoms with E-state index in [-0.39, 0.29) is 25.0 Å². The molecule has 2 amide bonds. The number of carbonyl (C=O) groups is 3. The van der Waals surface area contributed by atoms with Gasteiger partial charge in [0.05, 0.1) is 12.1 Å². The maximum absolute atomic E-state index is 13.7. The first-order valence-corrected chi connectivity index (χ1v) is 12.7. The van der Waals surface area contributed by atoms with Gasteiger partial charge in [-0.1, -0.05) is 58.1 Å². The number of rotatable bonds is 17. The highest BCUT2D eigenvalue weighted by Crippen LogP contribution is 2.32. The van der Waals surface area contributed by atoms with Crippen molar-refractivity contribution >= 4 is 17.8 Å². The maximum atomic E-state index is 13.7. The number of amides is 2. The minimum Gasteiger partial charge on any atom is -0.508 e. The quantitative estimate of drug-likeness (QED) is 0.206. The van der Waals surface area contributed by atoms with E-state index in [1.807, 2.05) is 13.8 Å². The van der Waals surface area contributed by atoms with E-state index in [2.05, 4.69) is 0 Å². The van der Waals surface area contributed by atoms with Gasteiger partial charge in [-0.2, -0.15) is 0 Å². The Morgan fingerprint density at radius 1 is 0.886 bits per heavy atom. The van der Waals surface area contributed by atoms with Crippen molar-refractivity contribution in [2.75, 3.05) is 6.54 Å². The van der Waals surface area contributed by atoms with Crippen LogP contribution < -0.4 is 17.2 Å². The van der Waals surface area contributed by atoms with Crippen molar-refractivity contribution < 1.29 is 24.6 Å². The van der Waals surface area contributed by atoms with Gasteiger partial charge in [-0.25, -0.2) is 4.79 Å². The van der Waals surface area contributed by atoms with Crippen molar-refractivity contribution in [2.45, 2.75) is 102 Å². The third-order valence-corrected chi connectivity index (χ3v) is 6.40. The van der Waals surface area contributed by atoms with Gasteiger partial charge in [0.1, 0.15) is 11.3 Å². The molecule has 0 bridgehead atoms. The van der Waals surface area contributed by atoms with Gasteiger partial charge >= 0.3 is 5.97 Å². The largest absolute Gasteiger partial charge is 0.508 e. The van der Waals surface area contributed by atoms with Crippen LogP contribution in [0.1, 0.15) is 83.6 Å². The zero-order chi connectivity index (χ0) is 26.4. The summed E-state index contributed by atoms with van der Waals surface area (Å²) in [5.74, 6) is -2.60. The van der Waals surface area contributed by atoms with Crippen molar-refractivity contribution in [3.05, 3.63) is 29.8 Å². The molecular weight excluding hydrogens is 448 g/mol. The number of phenols is 1. The summed E-state index contributed by atoms with van der Waals surface area (Å²) in [5.41, 5.74) is 17.1. The van der Waals surface area contributed by atoms with Crippen LogP contribution >= 0.6 is 0 Å². The second-order valence-corrected chi connectivity index (χ2v) is 9.28. The fourth-order valence-electron chi connectivity index (χ4n) is 4.27. The van der Waals surface area contributed by atoms with Crippen LogP contribution in [-0.4, -0.2) is 57.1 Å². The zero-order valence-corrected chi connectivity index (χ0v) is 21.2. The molecule has 35 heavy (non-hydrogen) atoms. The minimum absolute atomic E-state index is 0.0769. The lowest BCUT2D eigenvalue weighted by Gasteiger charge is -2.42. The molecule has 0 saturated carbocycles. The first-order valence-electron chi connectivity index (χ1n) is 12.7. The molecule has 0 aromatic heterocycles. The number of phenolic OH excluding ortho intramolecular Hbond substituents is 1. The molecule has 1 rings (SSSR count). The van der Waals surface area contributed by atoms with Crippen LogP contribution in [0, 0.1) is 0 Å². The maximum Gasteiger partial charge on any atom is 0.330 e. The minimum atomic E-state index is -1.74. The van der Waals surface area contributed by atoms with Gasteiger partial charge in [0.15, 0.2) is 0 Å². The highest BCUT2D eigenvalue weighted by Gasteiger charge is 2.50. The summed E-state index contributed by atoms with van der Waals surface area (Å²) in [6.45, 7) is 4.34. The average molecular weight is 493 g/mol. The van der Waals surface area contributed by atoms with Gasteiger partial charge < -0.3 is 27.4 Å². The number of aliphatic carboxylic acids is 1. The lowest BCUT2D eigenvalue weighted by Crippen LogP contribution is -2.65. The first kappa shape index (κ1) is 30.5. The van der Waals surface area contributed by atoms with Crippen LogP contribution in [0.25, 0.3) is 0 Å². The SMILES string of the molecule is CCCCCC(CCCCN)(C(=O)O)N(C(=O)C(N)CCCC)C(=O)C(N)Cc1ccc(O)cc1. The van der Waals surface area contributed by atoms with Crippen molar-refractivity contribution in [1.29, 1.82) is 0 Å². The van der Waals surface area contributed by atoms with Crippen LogP contribution in [-0.2, 0) is 20.8 Å². The molecule has 0 fully saturated rings. The number of carboxylic acid groups (broad SMARTS) is 1. The molecule has 8 N–H and O–H groups in total. The molecule has 0 aliphatic carbocycles. The van der Waals surface area contributed by atoms with E-state index >= 15 is 0 Å². The van der Waals surface area contributed by atoms with Gasteiger partial charge in [-0.15, -0.1) is 0 Å². The molecule has 1 aromatic rings. The number of aromatic hydroxyl groups is 1. The van der Waals surface area contributed by atoms with Crippen molar-refractivity contribution in [3.63, 3.8) is 0 Å². The molecule has 0 spiro atoms. The third kappa shape index (κ3) is 8.91. The fourth-order valence-corrected chi connectivity index (χ4v) is 4.27. The number of carbonyl (C=O) groups excluding carboxylic acids is 2. The van der Waals surface area contributed by atoms with Gasteiger partial charge in [0.2, 0.25) is 11.8 Å². The summed E-state index contributed by atoms with van der Waals surface area (Å²) in [6, 6.07) is 4.08. The second kappa shape index (κ2) is 15.5. The Hall–Kier alpha value is -2.49. The van der Waals surface area contributed by atoms with Gasteiger partial charge in [0, 0.05) is 0 Å². The summed E-state index contributed by atoms with van der Waals surface area (Å²) < 4.78 is 0. The molecular formula is C26H44N4O5. The number of unbranched alkanes of at least 4 members (excludes halogenated alkanes) is 4. The van der Waals surface area contributed by atoms with Crippen LogP contribution in [0.3, 0.4) is 0 Å². The molecule has 198 valence electrons. The number of imide groups is 1. The molecule has 0 aliphatic rings. The lowest BCUT2D eigenvalue weighted by molar-refractivity contribution is -0.169. The second-order valence-electron chi connectivity index (χ2n) is 9.28. The Labute approximate surface area is 209 Å². The van der Waals surface area contributed by atoms with E-state index < -0.39 is 35.4 Å². The lowest BCUT2D eigenvalue weighted by atomic mass is 9.83. The Kier molecular flexibility index (Phi) is 13.5. The van der Waals surface area contributed by atoms with Crippen LogP contribution in [0.4, 0.5) is 0 Å². The molecule has 9 heteroatoms. The molecule has 0 heterocycles. The predicted molar refractivity (Wildman–Crippen MR) is 137 cm³/mol. The third-order valence-electron chi connectivity index (χ3n) is 6.40. The van der Waals surface area contributed by atoms with E-state index in [4.69, 9.17) is 17.2 Å². The summed E-state index contributed by atoms with van der Waals surface area (Å²) in [4.78, 5) is 41.1. The fraction of sp³-hybridized carbons (Fsp3) is 0.654. The number of hydrogen-bond donors (Lipinski definition) is 5. The average Bonchev–Trinajstić information content (AvgIpc) is 2.83. The Bertz CT molecular complexity index is 789. The Morgan fingerprint density at radius 2 is 1.43 bits per heavy atom. The van der Waals surface area contributed by atoms with E-state index in [1.54, 1.807) is 12.1 Å². The Morgan fingerprint density at radius 3 is 1.94 bits per heavy atom. The summed E-state index contributed by atoms with van der Waals surface area (Å²) in [7, 11) is 0. The van der Waals surface area contributed by atoms with Crippen LogP contribution in [0.5, 0.6) is 5.75 Å². The first-order chi connectivity index (χ1) is 16.6. The highest BCUT2D eigenvalue weighted by molar-refractivity contribution is 6.04. The molecule has 0 saturated heterocycles. The van der Waals surface area contributed by atoms with E-state index in [0.29, 0.717) is 44.2 Å². The zero-order valence-electron chi connectivity index (χ0n) is 21.2. The van der Waals surface area contributed by atoms with Gasteiger partial charge in [-0.05, 0) is 62.8 Å². The van der Waals surface area contributed by atoms with Crippen LogP contribution in [0.15, 0.2) is 24.3 Å². The molecule has 0 radical (unpaired) electrons. The van der Waals surface area contributed by atoms with E-state index in [0.717, 1.165) is 24.2 Å². The number of hydrogen-bond acceptors (Lipinski definition) is 7. The molecule has 9 nitrogen and oxygen atoms in total. The predicted octanol–water partition coefficient (Wildman–Crippen LogP) is 2.67. The number of carboxylic acids is 1. The molecule has 3 unspecified atom stereocenters. The smallest absolute Gasteiger partial charge is 0.330 e. The topological polar surface area (TPSA) is 173 Å².